The van der Waals surface area contributed by atoms with Gasteiger partial charge in [0.15, 0.2) is 5.82 Å². The number of hydrogen-bond donors (Lipinski definition) is 0. The first-order chi connectivity index (χ1) is 9.92. The Morgan fingerprint density at radius 2 is 1.90 bits per heavy atom. The summed E-state index contributed by atoms with van der Waals surface area (Å²) in [6.07, 6.45) is 1.70. The lowest BCUT2D eigenvalue weighted by Crippen LogP contribution is -1.98. The molecule has 1 radical (unpaired) electrons. The Bertz CT molecular complexity index is 669. The topological polar surface area (TPSA) is 35.0 Å². The SMILES string of the molecule is [c]1cccc(-c2nccc(OCc3ccccc3)n2)c1. The van der Waals surface area contributed by atoms with Crippen LogP contribution < -0.4 is 4.74 Å². The molecule has 97 valence electrons. The number of benzene rings is 2. The van der Waals surface area contributed by atoms with Crippen molar-refractivity contribution >= 4 is 0 Å². The van der Waals surface area contributed by atoms with Crippen LogP contribution in [0.15, 0.2) is 66.9 Å². The third kappa shape index (κ3) is 3.01. The smallest absolute Gasteiger partial charge is 0.217 e. The Morgan fingerprint density at radius 3 is 2.70 bits per heavy atom. The fourth-order valence-corrected chi connectivity index (χ4v) is 1.83. The highest BCUT2D eigenvalue weighted by atomic mass is 16.5. The molecule has 0 saturated heterocycles. The number of aromatic nitrogens is 2. The molecule has 0 aliphatic heterocycles. The Kier molecular flexibility index (Phi) is 3.69. The maximum Gasteiger partial charge on any atom is 0.217 e. The molecule has 1 heterocycles. The summed E-state index contributed by atoms with van der Waals surface area (Å²) < 4.78 is 5.69. The number of nitrogens with zero attached hydrogens (tertiary/aromatic N) is 2. The van der Waals surface area contributed by atoms with Crippen LogP contribution in [0.2, 0.25) is 0 Å². The zero-order valence-corrected chi connectivity index (χ0v) is 10.9. The Hall–Kier alpha value is -2.68. The van der Waals surface area contributed by atoms with Crippen LogP contribution in [0.5, 0.6) is 5.88 Å². The molecular weight excluding hydrogens is 248 g/mol. The van der Waals surface area contributed by atoms with Gasteiger partial charge in [-0.2, -0.15) is 4.98 Å². The molecular formula is C17H13N2O. The molecule has 0 N–H and O–H groups in total. The fraction of sp³-hybridized carbons (Fsp3) is 0.0588. The highest BCUT2D eigenvalue weighted by Gasteiger charge is 2.03. The molecule has 0 saturated carbocycles. The number of rotatable bonds is 4. The van der Waals surface area contributed by atoms with Gasteiger partial charge in [0.1, 0.15) is 6.61 Å². The summed E-state index contributed by atoms with van der Waals surface area (Å²) in [4.78, 5) is 8.66. The van der Waals surface area contributed by atoms with E-state index in [1.54, 1.807) is 12.3 Å². The maximum atomic E-state index is 5.69. The molecule has 3 heteroatoms. The molecule has 1 aromatic heterocycles. The second-order valence-electron chi connectivity index (χ2n) is 4.28. The molecule has 2 aromatic carbocycles. The summed E-state index contributed by atoms with van der Waals surface area (Å²) in [6, 6.07) is 22.4. The van der Waals surface area contributed by atoms with Gasteiger partial charge in [-0.05, 0) is 17.7 Å². The van der Waals surface area contributed by atoms with Crippen LogP contribution in [0.1, 0.15) is 5.56 Å². The van der Waals surface area contributed by atoms with Crippen LogP contribution in [-0.4, -0.2) is 9.97 Å². The Morgan fingerprint density at radius 1 is 1.00 bits per heavy atom. The average Bonchev–Trinajstić information content (AvgIpc) is 2.55. The van der Waals surface area contributed by atoms with Crippen LogP contribution in [0, 0.1) is 6.07 Å². The monoisotopic (exact) mass is 261 g/mol. The molecule has 3 nitrogen and oxygen atoms in total. The number of ether oxygens (including phenoxy) is 1. The van der Waals surface area contributed by atoms with E-state index in [0.717, 1.165) is 11.1 Å². The first kappa shape index (κ1) is 12.4. The quantitative estimate of drug-likeness (QED) is 0.720. The van der Waals surface area contributed by atoms with Crippen molar-refractivity contribution in [3.8, 4) is 17.3 Å². The van der Waals surface area contributed by atoms with Crippen molar-refractivity contribution in [2.24, 2.45) is 0 Å². The van der Waals surface area contributed by atoms with Gasteiger partial charge >= 0.3 is 0 Å². The van der Waals surface area contributed by atoms with Gasteiger partial charge in [-0.25, -0.2) is 4.98 Å². The van der Waals surface area contributed by atoms with Crippen molar-refractivity contribution in [3.63, 3.8) is 0 Å². The second kappa shape index (κ2) is 5.97. The first-order valence-corrected chi connectivity index (χ1v) is 6.38. The normalized spacial score (nSPS) is 10.2. The molecule has 3 aromatic rings. The van der Waals surface area contributed by atoms with Gasteiger partial charge in [-0.15, -0.1) is 0 Å². The van der Waals surface area contributed by atoms with Gasteiger partial charge in [0.25, 0.3) is 0 Å². The van der Waals surface area contributed by atoms with Crippen molar-refractivity contribution in [2.75, 3.05) is 0 Å². The van der Waals surface area contributed by atoms with Crippen LogP contribution >= 0.6 is 0 Å². The van der Waals surface area contributed by atoms with E-state index < -0.39 is 0 Å². The zero-order chi connectivity index (χ0) is 13.6. The third-order valence-electron chi connectivity index (χ3n) is 2.82. The van der Waals surface area contributed by atoms with Gasteiger partial charge in [-0.1, -0.05) is 48.5 Å². The first-order valence-electron chi connectivity index (χ1n) is 6.38. The van der Waals surface area contributed by atoms with Crippen molar-refractivity contribution in [3.05, 3.63) is 78.5 Å². The Labute approximate surface area is 117 Å². The summed E-state index contributed by atoms with van der Waals surface area (Å²) in [5, 5.41) is 0. The second-order valence-corrected chi connectivity index (χ2v) is 4.28. The lowest BCUT2D eigenvalue weighted by Gasteiger charge is -2.06. The van der Waals surface area contributed by atoms with Gasteiger partial charge in [-0.3, -0.25) is 0 Å². The molecule has 0 spiro atoms. The molecule has 3 rings (SSSR count). The van der Waals surface area contributed by atoms with Gasteiger partial charge in [0, 0.05) is 17.8 Å². The third-order valence-corrected chi connectivity index (χ3v) is 2.82. The molecule has 0 atom stereocenters. The molecule has 0 bridgehead atoms. The summed E-state index contributed by atoms with van der Waals surface area (Å²) in [5.41, 5.74) is 2.04. The Balaban J connectivity index is 1.75. The van der Waals surface area contributed by atoms with E-state index in [0.29, 0.717) is 18.3 Å². The van der Waals surface area contributed by atoms with Crippen LogP contribution in [0.3, 0.4) is 0 Å². The molecule has 0 aliphatic rings. The molecule has 0 fully saturated rings. The summed E-state index contributed by atoms with van der Waals surface area (Å²) in [6.45, 7) is 0.498. The summed E-state index contributed by atoms with van der Waals surface area (Å²) in [5.74, 6) is 1.22. The van der Waals surface area contributed by atoms with Crippen LogP contribution in [0.4, 0.5) is 0 Å². The van der Waals surface area contributed by atoms with E-state index >= 15 is 0 Å². The van der Waals surface area contributed by atoms with E-state index in [2.05, 4.69) is 16.0 Å². The molecule has 20 heavy (non-hydrogen) atoms. The summed E-state index contributed by atoms with van der Waals surface area (Å²) >= 11 is 0. The van der Waals surface area contributed by atoms with Gasteiger partial charge < -0.3 is 4.74 Å². The lowest BCUT2D eigenvalue weighted by molar-refractivity contribution is 0.293. The molecule has 0 amide bonds. The van der Waals surface area contributed by atoms with E-state index in [9.17, 15) is 0 Å². The van der Waals surface area contributed by atoms with Gasteiger partial charge in [0.05, 0.1) is 0 Å². The van der Waals surface area contributed by atoms with Crippen LogP contribution in [-0.2, 0) is 6.61 Å². The maximum absolute atomic E-state index is 5.69. The molecule has 0 unspecified atom stereocenters. The standard InChI is InChI=1S/C17H13N2O/c1-3-7-14(8-4-1)13-20-16-11-12-18-17(19-16)15-9-5-2-6-10-15/h1-5,7-12H,13H2. The van der Waals surface area contributed by atoms with Crippen molar-refractivity contribution in [2.45, 2.75) is 6.61 Å². The van der Waals surface area contributed by atoms with E-state index in [-0.39, 0.29) is 0 Å². The van der Waals surface area contributed by atoms with Crippen LogP contribution in [0.25, 0.3) is 11.4 Å². The van der Waals surface area contributed by atoms with Crippen molar-refractivity contribution in [1.29, 1.82) is 0 Å². The minimum atomic E-state index is 0.498. The minimum Gasteiger partial charge on any atom is -0.473 e. The zero-order valence-electron chi connectivity index (χ0n) is 10.9. The predicted octanol–water partition coefficient (Wildman–Crippen LogP) is 3.52. The largest absolute Gasteiger partial charge is 0.473 e. The van der Waals surface area contributed by atoms with E-state index in [4.69, 9.17) is 4.74 Å². The molecule has 0 aliphatic carbocycles. The number of hydrogen-bond acceptors (Lipinski definition) is 3. The van der Waals surface area contributed by atoms with E-state index in [1.807, 2.05) is 54.6 Å². The highest BCUT2D eigenvalue weighted by molar-refractivity contribution is 5.54. The summed E-state index contributed by atoms with van der Waals surface area (Å²) in [7, 11) is 0. The predicted molar refractivity (Wildman–Crippen MR) is 77.1 cm³/mol. The van der Waals surface area contributed by atoms with E-state index in [1.165, 1.54) is 0 Å². The lowest BCUT2D eigenvalue weighted by atomic mass is 10.2. The minimum absolute atomic E-state index is 0.498. The average molecular weight is 261 g/mol. The van der Waals surface area contributed by atoms with Crippen molar-refractivity contribution < 1.29 is 4.74 Å². The van der Waals surface area contributed by atoms with Gasteiger partial charge in [0.2, 0.25) is 5.88 Å². The highest BCUT2D eigenvalue weighted by Crippen LogP contribution is 2.17. The van der Waals surface area contributed by atoms with Crippen molar-refractivity contribution in [1.82, 2.24) is 9.97 Å². The fourth-order valence-electron chi connectivity index (χ4n) is 1.83.